The quantitative estimate of drug-likeness (QED) is 0.708. The lowest BCUT2D eigenvalue weighted by atomic mass is 10.1. The van der Waals surface area contributed by atoms with Gasteiger partial charge in [-0.05, 0) is 55.8 Å². The Morgan fingerprint density at radius 1 is 0.871 bits per heavy atom. The molecule has 4 rings (SSSR count). The Morgan fingerprint density at radius 2 is 1.61 bits per heavy atom. The van der Waals surface area contributed by atoms with Gasteiger partial charge in [0, 0.05) is 31.9 Å². The van der Waals surface area contributed by atoms with E-state index >= 15 is 0 Å². The summed E-state index contributed by atoms with van der Waals surface area (Å²) in [6, 6.07) is 17.8. The number of aliphatic hydroxyl groups is 1. The van der Waals surface area contributed by atoms with Crippen LogP contribution in [0.15, 0.2) is 54.6 Å². The normalized spacial score (nSPS) is 19.4. The maximum atomic E-state index is 12.6. The third-order valence-electron chi connectivity index (χ3n) is 6.06. The van der Waals surface area contributed by atoms with Crippen LogP contribution in [-0.2, 0) is 11.3 Å². The van der Waals surface area contributed by atoms with E-state index in [-0.39, 0.29) is 5.91 Å². The van der Waals surface area contributed by atoms with E-state index in [9.17, 15) is 9.90 Å². The number of ether oxygens (including phenoxy) is 1. The van der Waals surface area contributed by atoms with Crippen molar-refractivity contribution in [2.45, 2.75) is 31.9 Å². The van der Waals surface area contributed by atoms with Crippen molar-refractivity contribution in [3.05, 3.63) is 60.2 Å². The number of carbonyl (C=O) groups excluding carboxylic acids is 1. The largest absolute Gasteiger partial charge is 0.491 e. The minimum Gasteiger partial charge on any atom is -0.491 e. The number of piperazine rings is 1. The summed E-state index contributed by atoms with van der Waals surface area (Å²) in [6.45, 7) is 5.87. The molecular weight excluding hydrogens is 390 g/mol. The molecule has 0 aromatic heterocycles. The minimum absolute atomic E-state index is 0.139. The minimum atomic E-state index is -0.468. The molecule has 1 atom stereocenters. The number of para-hydroxylation sites is 1. The summed E-state index contributed by atoms with van der Waals surface area (Å²) >= 11 is 0. The molecule has 2 heterocycles. The van der Waals surface area contributed by atoms with Crippen LogP contribution < -0.4 is 9.64 Å². The number of aliphatic hydroxyl groups excluding tert-OH is 1. The molecule has 6 heteroatoms. The van der Waals surface area contributed by atoms with Gasteiger partial charge in [-0.1, -0.05) is 36.8 Å². The van der Waals surface area contributed by atoms with Crippen LogP contribution in [0.2, 0.25) is 0 Å². The molecule has 2 aliphatic rings. The van der Waals surface area contributed by atoms with Gasteiger partial charge in [0.25, 0.3) is 0 Å². The molecule has 2 aromatic rings. The van der Waals surface area contributed by atoms with Gasteiger partial charge in [0.05, 0.1) is 6.54 Å². The highest BCUT2D eigenvalue weighted by molar-refractivity contribution is 5.95. The third kappa shape index (κ3) is 6.29. The zero-order valence-electron chi connectivity index (χ0n) is 18.2. The van der Waals surface area contributed by atoms with Crippen molar-refractivity contribution in [2.75, 3.05) is 50.8 Å². The molecule has 31 heavy (non-hydrogen) atoms. The summed E-state index contributed by atoms with van der Waals surface area (Å²) in [5, 5.41) is 10.3. The molecule has 2 aliphatic heterocycles. The lowest BCUT2D eigenvalue weighted by molar-refractivity contribution is -0.121. The molecule has 2 fully saturated rings. The number of benzene rings is 2. The lowest BCUT2D eigenvalue weighted by Gasteiger charge is -2.34. The third-order valence-corrected chi connectivity index (χ3v) is 6.06. The molecule has 1 amide bonds. The van der Waals surface area contributed by atoms with Crippen molar-refractivity contribution < 1.29 is 14.6 Å². The van der Waals surface area contributed by atoms with E-state index in [1.54, 1.807) is 0 Å². The zero-order valence-corrected chi connectivity index (χ0v) is 18.2. The molecule has 1 N–H and O–H groups in total. The van der Waals surface area contributed by atoms with Crippen LogP contribution in [0.5, 0.6) is 5.75 Å². The Labute approximate surface area is 185 Å². The SMILES string of the molecule is O=C1CN(Cc2ccc(OCC(O)CN3CCCCC3)cc2)CCN1c1ccccc1. The second-order valence-electron chi connectivity index (χ2n) is 8.56. The molecule has 6 nitrogen and oxygen atoms in total. The molecule has 0 spiro atoms. The number of likely N-dealkylation sites (tertiary alicyclic amines) is 1. The van der Waals surface area contributed by atoms with E-state index in [1.807, 2.05) is 59.5 Å². The Morgan fingerprint density at radius 3 is 2.32 bits per heavy atom. The maximum Gasteiger partial charge on any atom is 0.241 e. The first-order valence-electron chi connectivity index (χ1n) is 11.4. The van der Waals surface area contributed by atoms with E-state index in [4.69, 9.17) is 4.74 Å². The maximum absolute atomic E-state index is 12.6. The summed E-state index contributed by atoms with van der Waals surface area (Å²) in [5.41, 5.74) is 2.12. The first-order chi connectivity index (χ1) is 15.2. The molecule has 1 unspecified atom stereocenters. The number of hydrogen-bond acceptors (Lipinski definition) is 5. The van der Waals surface area contributed by atoms with E-state index in [0.717, 1.165) is 43.2 Å². The van der Waals surface area contributed by atoms with Gasteiger partial charge in [-0.15, -0.1) is 0 Å². The van der Waals surface area contributed by atoms with Gasteiger partial charge in [-0.25, -0.2) is 0 Å². The highest BCUT2D eigenvalue weighted by atomic mass is 16.5. The fraction of sp³-hybridized carbons (Fsp3) is 0.480. The fourth-order valence-electron chi connectivity index (χ4n) is 4.37. The topological polar surface area (TPSA) is 56.3 Å². The molecule has 0 bridgehead atoms. The van der Waals surface area contributed by atoms with Crippen molar-refractivity contribution in [1.29, 1.82) is 0 Å². The van der Waals surface area contributed by atoms with Crippen LogP contribution in [0.25, 0.3) is 0 Å². The predicted octanol–water partition coefficient (Wildman–Crippen LogP) is 2.76. The van der Waals surface area contributed by atoms with Crippen LogP contribution in [0.3, 0.4) is 0 Å². The number of nitrogens with zero attached hydrogens (tertiary/aromatic N) is 3. The molecule has 166 valence electrons. The van der Waals surface area contributed by atoms with Crippen molar-refractivity contribution in [1.82, 2.24) is 9.80 Å². The van der Waals surface area contributed by atoms with Gasteiger partial charge in [0.15, 0.2) is 0 Å². The summed E-state index contributed by atoms with van der Waals surface area (Å²) < 4.78 is 5.78. The lowest BCUT2D eigenvalue weighted by Crippen LogP contribution is -2.50. The number of hydrogen-bond donors (Lipinski definition) is 1. The monoisotopic (exact) mass is 423 g/mol. The van der Waals surface area contributed by atoms with Crippen LogP contribution in [0.4, 0.5) is 5.69 Å². The molecule has 2 aromatic carbocycles. The van der Waals surface area contributed by atoms with Gasteiger partial charge in [-0.3, -0.25) is 9.69 Å². The average Bonchev–Trinajstić information content (AvgIpc) is 2.80. The average molecular weight is 424 g/mol. The smallest absolute Gasteiger partial charge is 0.241 e. The highest BCUT2D eigenvalue weighted by Crippen LogP contribution is 2.19. The van der Waals surface area contributed by atoms with E-state index in [2.05, 4.69) is 9.80 Å². The standard InChI is InChI=1S/C25H33N3O3/c29-23(18-26-13-5-2-6-14-26)20-31-24-11-9-21(10-12-24)17-27-15-16-28(25(30)19-27)22-7-3-1-4-8-22/h1,3-4,7-12,23,29H,2,5-6,13-20H2. The molecule has 0 radical (unpaired) electrons. The van der Waals surface area contributed by atoms with E-state index in [0.29, 0.717) is 26.2 Å². The first-order valence-corrected chi connectivity index (χ1v) is 11.4. The second-order valence-corrected chi connectivity index (χ2v) is 8.56. The van der Waals surface area contributed by atoms with Gasteiger partial charge in [0.1, 0.15) is 18.5 Å². The Bertz CT molecular complexity index is 822. The Kier molecular flexibility index (Phi) is 7.57. The predicted molar refractivity (Wildman–Crippen MR) is 122 cm³/mol. The van der Waals surface area contributed by atoms with Crippen molar-refractivity contribution in [3.63, 3.8) is 0 Å². The van der Waals surface area contributed by atoms with E-state index < -0.39 is 6.10 Å². The van der Waals surface area contributed by atoms with Crippen LogP contribution in [0.1, 0.15) is 24.8 Å². The molecule has 2 saturated heterocycles. The van der Waals surface area contributed by atoms with Crippen molar-refractivity contribution in [2.24, 2.45) is 0 Å². The van der Waals surface area contributed by atoms with Crippen molar-refractivity contribution >= 4 is 11.6 Å². The van der Waals surface area contributed by atoms with Crippen molar-refractivity contribution in [3.8, 4) is 5.75 Å². The Hall–Kier alpha value is -2.41. The van der Waals surface area contributed by atoms with Crippen LogP contribution >= 0.6 is 0 Å². The Balaban J connectivity index is 1.21. The van der Waals surface area contributed by atoms with Gasteiger partial charge in [0.2, 0.25) is 5.91 Å². The van der Waals surface area contributed by atoms with Gasteiger partial charge < -0.3 is 19.6 Å². The summed E-state index contributed by atoms with van der Waals surface area (Å²) in [7, 11) is 0. The zero-order chi connectivity index (χ0) is 21.5. The van der Waals surface area contributed by atoms with Crippen LogP contribution in [-0.4, -0.2) is 72.8 Å². The first kappa shape index (κ1) is 21.8. The number of piperidine rings is 1. The fourth-order valence-corrected chi connectivity index (χ4v) is 4.37. The number of carbonyl (C=O) groups is 1. The van der Waals surface area contributed by atoms with Gasteiger partial charge in [-0.2, -0.15) is 0 Å². The summed E-state index contributed by atoms with van der Waals surface area (Å²) in [4.78, 5) is 18.9. The number of anilines is 1. The molecule has 0 aliphatic carbocycles. The second kappa shape index (κ2) is 10.8. The molecule has 0 saturated carbocycles. The number of rotatable bonds is 8. The number of amides is 1. The van der Waals surface area contributed by atoms with E-state index in [1.165, 1.54) is 19.3 Å². The summed E-state index contributed by atoms with van der Waals surface area (Å²) in [5.74, 6) is 0.909. The van der Waals surface area contributed by atoms with Crippen LogP contribution in [0, 0.1) is 0 Å². The molecular formula is C25H33N3O3. The summed E-state index contributed by atoms with van der Waals surface area (Å²) in [6.07, 6.45) is 3.28. The number of β-amino-alcohol motifs (C(OH)–C–C–N with tert-alkyl or cyclic N) is 1. The van der Waals surface area contributed by atoms with Gasteiger partial charge >= 0.3 is 0 Å². The highest BCUT2D eigenvalue weighted by Gasteiger charge is 2.24.